The van der Waals surface area contributed by atoms with Gasteiger partial charge in [-0.2, -0.15) is 0 Å². The minimum absolute atomic E-state index is 0.597. The molecule has 2 unspecified atom stereocenters. The summed E-state index contributed by atoms with van der Waals surface area (Å²) in [6.07, 6.45) is 8.00. The molecule has 1 nitrogen and oxygen atoms in total. The Morgan fingerprint density at radius 1 is 1.22 bits per heavy atom. The maximum atomic E-state index is 6.28. The van der Waals surface area contributed by atoms with Crippen molar-refractivity contribution in [3.63, 3.8) is 0 Å². The zero-order chi connectivity index (χ0) is 13.0. The van der Waals surface area contributed by atoms with Gasteiger partial charge >= 0.3 is 0 Å². The Morgan fingerprint density at radius 3 is 2.78 bits per heavy atom. The van der Waals surface area contributed by atoms with Crippen LogP contribution >= 0.6 is 11.6 Å². The number of benzene rings is 1. The average molecular weight is 266 g/mol. The second-order valence-electron chi connectivity index (χ2n) is 5.56. The Hall–Kier alpha value is -0.690. The van der Waals surface area contributed by atoms with Crippen molar-refractivity contribution < 1.29 is 0 Å². The van der Waals surface area contributed by atoms with Crippen molar-refractivity contribution in [3.05, 3.63) is 28.8 Å². The number of halogens is 1. The minimum atomic E-state index is 0.597. The van der Waals surface area contributed by atoms with Crippen LogP contribution < -0.4 is 5.32 Å². The molecule has 1 N–H and O–H groups in total. The van der Waals surface area contributed by atoms with E-state index in [-0.39, 0.29) is 0 Å². The second kappa shape index (κ2) is 6.47. The van der Waals surface area contributed by atoms with Gasteiger partial charge in [0, 0.05) is 6.04 Å². The molecule has 1 aromatic carbocycles. The number of anilines is 1. The lowest BCUT2D eigenvalue weighted by atomic mass is 9.98. The molecule has 1 aliphatic rings. The molecule has 2 heteroatoms. The Labute approximate surface area is 116 Å². The highest BCUT2D eigenvalue weighted by Gasteiger charge is 2.18. The fourth-order valence-electron chi connectivity index (χ4n) is 2.95. The van der Waals surface area contributed by atoms with E-state index >= 15 is 0 Å². The van der Waals surface area contributed by atoms with Crippen LogP contribution in [0.25, 0.3) is 0 Å². The quantitative estimate of drug-likeness (QED) is 0.720. The van der Waals surface area contributed by atoms with Crippen LogP contribution in [0.1, 0.15) is 51.0 Å². The molecule has 100 valence electrons. The molecule has 0 amide bonds. The first-order chi connectivity index (χ1) is 8.70. The number of hydrogen-bond acceptors (Lipinski definition) is 1. The Balaban J connectivity index is 2.01. The van der Waals surface area contributed by atoms with Crippen LogP contribution in [0.5, 0.6) is 0 Å². The molecule has 1 aliphatic carbocycles. The Kier molecular flexibility index (Phi) is 4.94. The van der Waals surface area contributed by atoms with Crippen LogP contribution in [0, 0.1) is 12.8 Å². The van der Waals surface area contributed by atoms with Gasteiger partial charge in [-0.1, -0.05) is 49.9 Å². The fraction of sp³-hybridized carbons (Fsp3) is 0.625. The maximum absolute atomic E-state index is 6.28. The first kappa shape index (κ1) is 13.7. The standard InChI is InChI=1S/C16H24ClN/c1-3-13-7-5-8-14(11-10-13)18-16-12(2)6-4-9-15(16)17/h4,6,9,13-14,18H,3,5,7-8,10-11H2,1-2H3. The summed E-state index contributed by atoms with van der Waals surface area (Å²) in [6.45, 7) is 4.44. The Morgan fingerprint density at radius 2 is 2.06 bits per heavy atom. The van der Waals surface area contributed by atoms with Gasteiger partial charge in [-0.25, -0.2) is 0 Å². The van der Waals surface area contributed by atoms with Crippen LogP contribution in [0.2, 0.25) is 5.02 Å². The molecular formula is C16H24ClN. The lowest BCUT2D eigenvalue weighted by Gasteiger charge is -2.20. The van der Waals surface area contributed by atoms with Gasteiger partial charge in [0.25, 0.3) is 0 Å². The molecule has 0 aliphatic heterocycles. The van der Waals surface area contributed by atoms with Crippen molar-refractivity contribution >= 4 is 17.3 Å². The van der Waals surface area contributed by atoms with Crippen LogP contribution in [0.3, 0.4) is 0 Å². The fourth-order valence-corrected chi connectivity index (χ4v) is 3.23. The largest absolute Gasteiger partial charge is 0.381 e. The van der Waals surface area contributed by atoms with E-state index in [0.717, 1.165) is 16.6 Å². The van der Waals surface area contributed by atoms with Crippen molar-refractivity contribution in [2.45, 2.75) is 58.4 Å². The molecule has 2 rings (SSSR count). The van der Waals surface area contributed by atoms with Crippen molar-refractivity contribution in [1.82, 2.24) is 0 Å². The number of nitrogens with one attached hydrogen (secondary N) is 1. The van der Waals surface area contributed by atoms with Crippen LogP contribution in [0.15, 0.2) is 18.2 Å². The van der Waals surface area contributed by atoms with Gasteiger partial charge in [0.2, 0.25) is 0 Å². The number of hydrogen-bond donors (Lipinski definition) is 1. The summed E-state index contributed by atoms with van der Waals surface area (Å²) in [5, 5.41) is 4.52. The molecule has 2 atom stereocenters. The SMILES string of the molecule is CCC1CCCC(Nc2c(C)cccc2Cl)CC1. The molecule has 0 aromatic heterocycles. The van der Waals surface area contributed by atoms with Gasteiger partial charge in [-0.3, -0.25) is 0 Å². The van der Waals surface area contributed by atoms with Gasteiger partial charge in [0.1, 0.15) is 0 Å². The summed E-state index contributed by atoms with van der Waals surface area (Å²) in [4.78, 5) is 0. The summed E-state index contributed by atoms with van der Waals surface area (Å²) in [5.41, 5.74) is 2.39. The number of aryl methyl sites for hydroxylation is 1. The summed E-state index contributed by atoms with van der Waals surface area (Å²) in [5.74, 6) is 0.934. The van der Waals surface area contributed by atoms with E-state index < -0.39 is 0 Å². The molecule has 1 aromatic rings. The van der Waals surface area contributed by atoms with E-state index in [2.05, 4.69) is 25.2 Å². The summed E-state index contributed by atoms with van der Waals surface area (Å²) in [7, 11) is 0. The first-order valence-corrected chi connectivity index (χ1v) is 7.60. The molecule has 0 heterocycles. The average Bonchev–Trinajstić information content (AvgIpc) is 2.59. The third-order valence-electron chi connectivity index (χ3n) is 4.24. The van der Waals surface area contributed by atoms with Gasteiger partial charge in [-0.05, 0) is 43.7 Å². The van der Waals surface area contributed by atoms with Crippen molar-refractivity contribution in [1.29, 1.82) is 0 Å². The number of para-hydroxylation sites is 1. The summed E-state index contributed by atoms with van der Waals surface area (Å²) < 4.78 is 0. The highest BCUT2D eigenvalue weighted by Crippen LogP contribution is 2.31. The molecular weight excluding hydrogens is 242 g/mol. The minimum Gasteiger partial charge on any atom is -0.381 e. The zero-order valence-corrected chi connectivity index (χ0v) is 12.3. The van der Waals surface area contributed by atoms with Crippen LogP contribution in [-0.2, 0) is 0 Å². The topological polar surface area (TPSA) is 12.0 Å². The van der Waals surface area contributed by atoms with Crippen molar-refractivity contribution in [2.24, 2.45) is 5.92 Å². The normalized spacial score (nSPS) is 24.6. The molecule has 0 spiro atoms. The van der Waals surface area contributed by atoms with E-state index in [9.17, 15) is 0 Å². The van der Waals surface area contributed by atoms with Crippen molar-refractivity contribution in [3.8, 4) is 0 Å². The lowest BCUT2D eigenvalue weighted by molar-refractivity contribution is 0.444. The van der Waals surface area contributed by atoms with Gasteiger partial charge in [0.05, 0.1) is 10.7 Å². The van der Waals surface area contributed by atoms with E-state index in [0.29, 0.717) is 6.04 Å². The van der Waals surface area contributed by atoms with Crippen molar-refractivity contribution in [2.75, 3.05) is 5.32 Å². The third kappa shape index (κ3) is 3.41. The number of rotatable bonds is 3. The molecule has 1 saturated carbocycles. The highest BCUT2D eigenvalue weighted by atomic mass is 35.5. The van der Waals surface area contributed by atoms with Crippen LogP contribution in [0.4, 0.5) is 5.69 Å². The molecule has 0 radical (unpaired) electrons. The molecule has 1 fully saturated rings. The van der Waals surface area contributed by atoms with E-state index in [4.69, 9.17) is 11.6 Å². The lowest BCUT2D eigenvalue weighted by Crippen LogP contribution is -2.19. The zero-order valence-electron chi connectivity index (χ0n) is 11.5. The predicted octanol–water partition coefficient (Wildman–Crippen LogP) is 5.42. The molecule has 0 saturated heterocycles. The molecule has 18 heavy (non-hydrogen) atoms. The molecule has 0 bridgehead atoms. The van der Waals surface area contributed by atoms with E-state index in [1.165, 1.54) is 44.1 Å². The Bertz CT molecular complexity index is 368. The first-order valence-electron chi connectivity index (χ1n) is 7.22. The second-order valence-corrected chi connectivity index (χ2v) is 5.96. The van der Waals surface area contributed by atoms with Gasteiger partial charge in [-0.15, -0.1) is 0 Å². The maximum Gasteiger partial charge on any atom is 0.0640 e. The predicted molar refractivity (Wildman–Crippen MR) is 80.5 cm³/mol. The summed E-state index contributed by atoms with van der Waals surface area (Å²) >= 11 is 6.28. The van der Waals surface area contributed by atoms with Gasteiger partial charge < -0.3 is 5.32 Å². The highest BCUT2D eigenvalue weighted by molar-refractivity contribution is 6.33. The van der Waals surface area contributed by atoms with E-state index in [1.54, 1.807) is 0 Å². The monoisotopic (exact) mass is 265 g/mol. The van der Waals surface area contributed by atoms with Gasteiger partial charge in [0.15, 0.2) is 0 Å². The summed E-state index contributed by atoms with van der Waals surface area (Å²) in [6, 6.07) is 6.71. The van der Waals surface area contributed by atoms with E-state index in [1.807, 2.05) is 12.1 Å². The van der Waals surface area contributed by atoms with Crippen LogP contribution in [-0.4, -0.2) is 6.04 Å². The smallest absolute Gasteiger partial charge is 0.0640 e. The third-order valence-corrected chi connectivity index (χ3v) is 4.55.